The van der Waals surface area contributed by atoms with Crippen molar-refractivity contribution < 1.29 is 14.3 Å². The van der Waals surface area contributed by atoms with Crippen molar-refractivity contribution in [2.75, 3.05) is 12.4 Å². The van der Waals surface area contributed by atoms with E-state index >= 15 is 0 Å². The molecule has 1 heterocycles. The van der Waals surface area contributed by atoms with Crippen molar-refractivity contribution in [3.63, 3.8) is 0 Å². The quantitative estimate of drug-likeness (QED) is 0.515. The van der Waals surface area contributed by atoms with Gasteiger partial charge >= 0.3 is 0 Å². The molecular formula is C20H21N3O3S2. The van der Waals surface area contributed by atoms with Crippen LogP contribution in [0.15, 0.2) is 30.3 Å². The summed E-state index contributed by atoms with van der Waals surface area (Å²) in [5, 5.41) is 6.28. The highest BCUT2D eigenvalue weighted by atomic mass is 32.1. The van der Waals surface area contributed by atoms with Crippen LogP contribution < -0.4 is 21.1 Å². The molecule has 2 aromatic rings. The number of nitrogens with two attached hydrogens (primary N) is 1. The van der Waals surface area contributed by atoms with Gasteiger partial charge in [-0.1, -0.05) is 12.1 Å². The smallest absolute Gasteiger partial charge is 0.251 e. The first-order valence-electron chi connectivity index (χ1n) is 8.86. The van der Waals surface area contributed by atoms with Gasteiger partial charge < -0.3 is 15.8 Å². The average Bonchev–Trinajstić information content (AvgIpc) is 3.04. The van der Waals surface area contributed by atoms with Crippen LogP contribution in [0.5, 0.6) is 5.75 Å². The van der Waals surface area contributed by atoms with Gasteiger partial charge in [-0.2, -0.15) is 0 Å². The van der Waals surface area contributed by atoms with Crippen LogP contribution in [0.1, 0.15) is 39.2 Å². The Hall–Kier alpha value is -2.71. The van der Waals surface area contributed by atoms with Gasteiger partial charge in [0.15, 0.2) is 5.11 Å². The molecule has 0 fully saturated rings. The molecule has 146 valence electrons. The van der Waals surface area contributed by atoms with Crippen molar-refractivity contribution >= 4 is 51.6 Å². The number of rotatable bonds is 5. The lowest BCUT2D eigenvalue weighted by Gasteiger charge is -2.11. The topological polar surface area (TPSA) is 93.4 Å². The van der Waals surface area contributed by atoms with E-state index in [0.29, 0.717) is 10.6 Å². The Labute approximate surface area is 172 Å². The van der Waals surface area contributed by atoms with Gasteiger partial charge in [-0.15, -0.1) is 11.3 Å². The number of primary amides is 1. The number of aryl methyl sites for hydroxylation is 1. The van der Waals surface area contributed by atoms with Gasteiger partial charge in [-0.3, -0.25) is 14.9 Å². The number of carbonyl (C=O) groups is 2. The average molecular weight is 416 g/mol. The number of hydrogen-bond donors (Lipinski definition) is 3. The third-order valence-corrected chi connectivity index (χ3v) is 5.84. The van der Waals surface area contributed by atoms with Gasteiger partial charge in [0.05, 0.1) is 12.7 Å². The van der Waals surface area contributed by atoms with Crippen molar-refractivity contribution in [1.29, 1.82) is 0 Å². The van der Waals surface area contributed by atoms with E-state index in [1.807, 2.05) is 24.3 Å². The molecule has 0 unspecified atom stereocenters. The molecule has 3 rings (SSSR count). The Morgan fingerprint density at radius 2 is 1.93 bits per heavy atom. The zero-order valence-corrected chi connectivity index (χ0v) is 17.0. The minimum absolute atomic E-state index is 0.130. The van der Waals surface area contributed by atoms with E-state index in [1.54, 1.807) is 13.2 Å². The molecule has 0 radical (unpaired) electrons. The normalized spacial score (nSPS) is 13.0. The lowest BCUT2D eigenvalue weighted by atomic mass is 9.95. The van der Waals surface area contributed by atoms with Crippen LogP contribution in [0.25, 0.3) is 6.08 Å². The number of nitrogens with one attached hydrogen (secondary N) is 2. The van der Waals surface area contributed by atoms with Crippen LogP contribution in [0.4, 0.5) is 5.00 Å². The molecule has 0 saturated heterocycles. The van der Waals surface area contributed by atoms with Gasteiger partial charge in [-0.25, -0.2) is 0 Å². The van der Waals surface area contributed by atoms with Gasteiger partial charge in [-0.05, 0) is 67.2 Å². The number of hydrogen-bond acceptors (Lipinski definition) is 5. The lowest BCUT2D eigenvalue weighted by molar-refractivity contribution is -0.115. The Morgan fingerprint density at radius 1 is 1.21 bits per heavy atom. The molecule has 0 bridgehead atoms. The van der Waals surface area contributed by atoms with Crippen LogP contribution in [0, 0.1) is 0 Å². The van der Waals surface area contributed by atoms with Crippen LogP contribution >= 0.6 is 23.6 Å². The summed E-state index contributed by atoms with van der Waals surface area (Å²) in [5.41, 5.74) is 7.93. The summed E-state index contributed by atoms with van der Waals surface area (Å²) in [7, 11) is 1.60. The number of thiocarbonyl (C=S) groups is 1. The predicted octanol–water partition coefficient (Wildman–Crippen LogP) is 3.26. The standard InChI is InChI=1S/C20H21N3O3S2/c1-26-13-9-6-12(7-10-13)8-11-16(24)22-20(27)23-19-17(18(21)25)14-4-2-3-5-15(14)28-19/h6-11H,2-5H2,1H3,(H2,21,25)(H2,22,23,24,27). The van der Waals surface area contributed by atoms with Crippen molar-refractivity contribution in [1.82, 2.24) is 5.32 Å². The molecule has 8 heteroatoms. The fraction of sp³-hybridized carbons (Fsp3) is 0.250. The molecule has 28 heavy (non-hydrogen) atoms. The van der Waals surface area contributed by atoms with Crippen LogP contribution in [-0.4, -0.2) is 24.0 Å². The second kappa shape index (κ2) is 8.99. The lowest BCUT2D eigenvalue weighted by Crippen LogP contribution is -2.33. The number of ether oxygens (including phenoxy) is 1. The molecule has 0 saturated carbocycles. The predicted molar refractivity (Wildman–Crippen MR) is 116 cm³/mol. The van der Waals surface area contributed by atoms with E-state index in [4.69, 9.17) is 22.7 Å². The van der Waals surface area contributed by atoms with Crippen molar-refractivity contribution in [2.45, 2.75) is 25.7 Å². The number of fused-ring (bicyclic) bond motifs is 1. The molecule has 6 nitrogen and oxygen atoms in total. The van der Waals surface area contributed by atoms with E-state index in [1.165, 1.54) is 17.4 Å². The van der Waals surface area contributed by atoms with Crippen molar-refractivity contribution in [3.05, 3.63) is 51.9 Å². The summed E-state index contributed by atoms with van der Waals surface area (Å²) < 4.78 is 5.10. The van der Waals surface area contributed by atoms with E-state index < -0.39 is 5.91 Å². The Morgan fingerprint density at radius 3 is 2.61 bits per heavy atom. The first-order valence-corrected chi connectivity index (χ1v) is 10.1. The first-order chi connectivity index (χ1) is 13.5. The van der Waals surface area contributed by atoms with Crippen LogP contribution in [-0.2, 0) is 17.6 Å². The fourth-order valence-corrected chi connectivity index (χ4v) is 4.66. The van der Waals surface area contributed by atoms with Gasteiger partial charge in [0.2, 0.25) is 5.91 Å². The number of benzene rings is 1. The van der Waals surface area contributed by atoms with E-state index in [9.17, 15) is 9.59 Å². The van der Waals surface area contributed by atoms with Crippen LogP contribution in [0.2, 0.25) is 0 Å². The maximum atomic E-state index is 12.1. The Balaban J connectivity index is 1.63. The minimum atomic E-state index is -0.476. The van der Waals surface area contributed by atoms with Crippen LogP contribution in [0.3, 0.4) is 0 Å². The summed E-state index contributed by atoms with van der Waals surface area (Å²) in [4.78, 5) is 25.2. The monoisotopic (exact) mass is 415 g/mol. The van der Waals surface area contributed by atoms with Crippen molar-refractivity contribution in [2.24, 2.45) is 5.73 Å². The SMILES string of the molecule is COc1ccc(C=CC(=O)NC(=S)Nc2sc3c(c2C(N)=O)CCCC3)cc1. The third-order valence-electron chi connectivity index (χ3n) is 4.42. The highest BCUT2D eigenvalue weighted by molar-refractivity contribution is 7.80. The third kappa shape index (κ3) is 4.76. The van der Waals surface area contributed by atoms with Gasteiger partial charge in [0.25, 0.3) is 5.91 Å². The largest absolute Gasteiger partial charge is 0.497 e. The zero-order valence-electron chi connectivity index (χ0n) is 15.4. The summed E-state index contributed by atoms with van der Waals surface area (Å²) in [5.74, 6) is -0.0958. The summed E-state index contributed by atoms with van der Waals surface area (Å²) in [6, 6.07) is 7.31. The summed E-state index contributed by atoms with van der Waals surface area (Å²) >= 11 is 6.70. The molecule has 1 aromatic heterocycles. The second-order valence-electron chi connectivity index (χ2n) is 6.33. The van der Waals surface area contributed by atoms with E-state index in [0.717, 1.165) is 47.4 Å². The molecule has 2 amide bonds. The summed E-state index contributed by atoms with van der Waals surface area (Å²) in [6.45, 7) is 0. The molecule has 0 aliphatic heterocycles. The second-order valence-corrected chi connectivity index (χ2v) is 7.84. The minimum Gasteiger partial charge on any atom is -0.497 e. The molecule has 0 spiro atoms. The maximum Gasteiger partial charge on any atom is 0.251 e. The Bertz CT molecular complexity index is 933. The Kier molecular flexibility index (Phi) is 6.43. The van der Waals surface area contributed by atoms with E-state index in [-0.39, 0.29) is 11.0 Å². The van der Waals surface area contributed by atoms with E-state index in [2.05, 4.69) is 10.6 Å². The highest BCUT2D eigenvalue weighted by Gasteiger charge is 2.24. The van der Waals surface area contributed by atoms with Gasteiger partial charge in [0, 0.05) is 11.0 Å². The molecule has 0 atom stereocenters. The molecule has 4 N–H and O–H groups in total. The first kappa shape index (κ1) is 20.0. The summed E-state index contributed by atoms with van der Waals surface area (Å²) in [6.07, 6.45) is 6.99. The number of amides is 2. The van der Waals surface area contributed by atoms with Gasteiger partial charge in [0.1, 0.15) is 10.8 Å². The molecule has 1 aliphatic rings. The number of carbonyl (C=O) groups excluding carboxylic acids is 2. The molecule has 1 aliphatic carbocycles. The number of methoxy groups -OCH3 is 1. The fourth-order valence-electron chi connectivity index (χ4n) is 3.09. The zero-order chi connectivity index (χ0) is 20.1. The maximum absolute atomic E-state index is 12.1. The highest BCUT2D eigenvalue weighted by Crippen LogP contribution is 2.37. The number of thiophene rings is 1. The number of anilines is 1. The van der Waals surface area contributed by atoms with Crippen molar-refractivity contribution in [3.8, 4) is 5.75 Å². The molecular weight excluding hydrogens is 394 g/mol. The molecule has 1 aromatic carbocycles.